The molecule has 0 saturated carbocycles. The molecular weight excluding hydrogens is 238 g/mol. The molecule has 1 aliphatic rings. The number of nitrogens with zero attached hydrogens (tertiary/aromatic N) is 1. The van der Waals surface area contributed by atoms with Crippen LogP contribution in [-0.2, 0) is 4.74 Å². The van der Waals surface area contributed by atoms with Gasteiger partial charge in [0.25, 0.3) is 0 Å². The molecule has 0 unspecified atom stereocenters. The molecule has 1 heterocycles. The van der Waals surface area contributed by atoms with Crippen LogP contribution in [0.3, 0.4) is 0 Å². The fraction of sp³-hybridized carbons (Fsp3) is 0.688. The standard InChI is InChI=1S/C16H27NO2/c1-12(2)11-13(3)14-7-9-17(10-8-14)15(18)19-16(4,5)6/h11,14H,1,7-10H2,2-6H3/b13-11+. The molecule has 3 heteroatoms. The molecule has 0 N–H and O–H groups in total. The van der Waals surface area contributed by atoms with E-state index in [-0.39, 0.29) is 6.09 Å². The Labute approximate surface area is 117 Å². The predicted molar refractivity (Wildman–Crippen MR) is 79.1 cm³/mol. The Morgan fingerprint density at radius 1 is 1.26 bits per heavy atom. The van der Waals surface area contributed by atoms with Crippen LogP contribution in [0.25, 0.3) is 0 Å². The summed E-state index contributed by atoms with van der Waals surface area (Å²) in [6.45, 7) is 15.3. The first-order chi connectivity index (χ1) is 8.69. The van der Waals surface area contributed by atoms with E-state index in [1.165, 1.54) is 5.57 Å². The largest absolute Gasteiger partial charge is 0.444 e. The summed E-state index contributed by atoms with van der Waals surface area (Å²) >= 11 is 0. The molecule has 0 bridgehead atoms. The van der Waals surface area contributed by atoms with Gasteiger partial charge >= 0.3 is 6.09 Å². The Balaban J connectivity index is 2.49. The van der Waals surface area contributed by atoms with Crippen molar-refractivity contribution in [1.29, 1.82) is 0 Å². The van der Waals surface area contributed by atoms with Crippen molar-refractivity contribution >= 4 is 6.09 Å². The maximum absolute atomic E-state index is 11.9. The molecule has 0 spiro atoms. The van der Waals surface area contributed by atoms with E-state index in [0.717, 1.165) is 31.5 Å². The summed E-state index contributed by atoms with van der Waals surface area (Å²) in [5.41, 5.74) is 2.05. The number of hydrogen-bond donors (Lipinski definition) is 0. The highest BCUT2D eigenvalue weighted by atomic mass is 16.6. The van der Waals surface area contributed by atoms with E-state index in [4.69, 9.17) is 4.74 Å². The molecule has 1 aliphatic heterocycles. The van der Waals surface area contributed by atoms with E-state index in [1.54, 1.807) is 0 Å². The Morgan fingerprint density at radius 3 is 2.21 bits per heavy atom. The van der Waals surface area contributed by atoms with Crippen LogP contribution >= 0.6 is 0 Å². The summed E-state index contributed by atoms with van der Waals surface area (Å²) < 4.78 is 5.40. The average Bonchev–Trinajstić information content (AvgIpc) is 2.26. The number of rotatable bonds is 2. The normalized spacial score (nSPS) is 18.4. The molecule has 0 aliphatic carbocycles. The van der Waals surface area contributed by atoms with Crippen molar-refractivity contribution in [2.24, 2.45) is 5.92 Å². The van der Waals surface area contributed by atoms with Crippen molar-refractivity contribution in [3.63, 3.8) is 0 Å². The molecule has 1 fully saturated rings. The highest BCUT2D eigenvalue weighted by Crippen LogP contribution is 2.26. The topological polar surface area (TPSA) is 29.5 Å². The number of hydrogen-bond acceptors (Lipinski definition) is 2. The van der Waals surface area contributed by atoms with Gasteiger partial charge in [-0.25, -0.2) is 4.79 Å². The highest BCUT2D eigenvalue weighted by molar-refractivity contribution is 5.68. The van der Waals surface area contributed by atoms with Crippen molar-refractivity contribution in [1.82, 2.24) is 4.90 Å². The maximum atomic E-state index is 11.9. The van der Waals surface area contributed by atoms with Crippen molar-refractivity contribution in [3.05, 3.63) is 23.8 Å². The zero-order chi connectivity index (χ0) is 14.6. The lowest BCUT2D eigenvalue weighted by Gasteiger charge is -2.33. The summed E-state index contributed by atoms with van der Waals surface area (Å²) in [5, 5.41) is 0. The molecule has 0 radical (unpaired) electrons. The molecule has 0 atom stereocenters. The highest BCUT2D eigenvalue weighted by Gasteiger charge is 2.27. The zero-order valence-electron chi connectivity index (χ0n) is 13.0. The molecule has 0 aromatic rings. The Morgan fingerprint density at radius 2 is 1.79 bits per heavy atom. The Kier molecular flexibility index (Phi) is 5.21. The summed E-state index contributed by atoms with van der Waals surface area (Å²) in [5.74, 6) is 0.565. The van der Waals surface area contributed by atoms with Gasteiger partial charge in [0.15, 0.2) is 0 Å². The van der Waals surface area contributed by atoms with Gasteiger partial charge in [-0.2, -0.15) is 0 Å². The molecule has 1 rings (SSSR count). The predicted octanol–water partition coefficient (Wildman–Crippen LogP) is 4.16. The fourth-order valence-corrected chi connectivity index (χ4v) is 2.35. The Hall–Kier alpha value is -1.25. The van der Waals surface area contributed by atoms with Gasteiger partial charge in [-0.3, -0.25) is 0 Å². The van der Waals surface area contributed by atoms with Gasteiger partial charge in [-0.1, -0.05) is 23.8 Å². The minimum absolute atomic E-state index is 0.188. The average molecular weight is 265 g/mol. The van der Waals surface area contributed by atoms with E-state index >= 15 is 0 Å². The summed E-state index contributed by atoms with van der Waals surface area (Å²) in [4.78, 5) is 13.8. The maximum Gasteiger partial charge on any atom is 0.410 e. The lowest BCUT2D eigenvalue weighted by Crippen LogP contribution is -2.41. The SMILES string of the molecule is C=C(C)/C=C(\C)C1CCN(C(=O)OC(C)(C)C)CC1. The lowest BCUT2D eigenvalue weighted by molar-refractivity contribution is 0.0194. The third-order valence-electron chi connectivity index (χ3n) is 3.26. The molecule has 1 saturated heterocycles. The van der Waals surface area contributed by atoms with E-state index in [9.17, 15) is 4.79 Å². The fourth-order valence-electron chi connectivity index (χ4n) is 2.35. The van der Waals surface area contributed by atoms with E-state index in [2.05, 4.69) is 19.6 Å². The van der Waals surface area contributed by atoms with E-state index in [0.29, 0.717) is 5.92 Å². The first-order valence-electron chi connectivity index (χ1n) is 7.00. The summed E-state index contributed by atoms with van der Waals surface area (Å²) in [6, 6.07) is 0. The van der Waals surface area contributed by atoms with Crippen LogP contribution in [0.5, 0.6) is 0 Å². The van der Waals surface area contributed by atoms with Crippen molar-refractivity contribution in [2.75, 3.05) is 13.1 Å². The van der Waals surface area contributed by atoms with Crippen molar-refractivity contribution in [3.8, 4) is 0 Å². The molecule has 1 amide bonds. The van der Waals surface area contributed by atoms with Crippen LogP contribution in [-0.4, -0.2) is 29.7 Å². The molecule has 108 valence electrons. The van der Waals surface area contributed by atoms with Crippen molar-refractivity contribution in [2.45, 2.75) is 53.1 Å². The quantitative estimate of drug-likeness (QED) is 0.702. The van der Waals surface area contributed by atoms with Crippen LogP contribution in [0.4, 0.5) is 4.79 Å². The van der Waals surface area contributed by atoms with Gasteiger partial charge in [0.05, 0.1) is 0 Å². The molecule has 19 heavy (non-hydrogen) atoms. The van der Waals surface area contributed by atoms with Crippen LogP contribution < -0.4 is 0 Å². The monoisotopic (exact) mass is 265 g/mol. The second-order valence-electron chi connectivity index (χ2n) is 6.48. The number of carbonyl (C=O) groups is 1. The minimum Gasteiger partial charge on any atom is -0.444 e. The zero-order valence-corrected chi connectivity index (χ0v) is 13.0. The third kappa shape index (κ3) is 5.50. The molecule has 0 aromatic heterocycles. The van der Waals surface area contributed by atoms with E-state index < -0.39 is 5.60 Å². The van der Waals surface area contributed by atoms with Crippen molar-refractivity contribution < 1.29 is 9.53 Å². The van der Waals surface area contributed by atoms with Gasteiger partial charge in [0, 0.05) is 13.1 Å². The number of likely N-dealkylation sites (tertiary alicyclic amines) is 1. The molecular formula is C16H27NO2. The van der Waals surface area contributed by atoms with E-state index in [1.807, 2.05) is 32.6 Å². The van der Waals surface area contributed by atoms with Gasteiger partial charge in [0.2, 0.25) is 0 Å². The number of ether oxygens (including phenoxy) is 1. The third-order valence-corrected chi connectivity index (χ3v) is 3.26. The first-order valence-corrected chi connectivity index (χ1v) is 7.00. The van der Waals surface area contributed by atoms with Gasteiger partial charge in [0.1, 0.15) is 5.60 Å². The van der Waals surface area contributed by atoms with Gasteiger partial charge in [-0.05, 0) is 53.4 Å². The number of amides is 1. The van der Waals surface area contributed by atoms with Gasteiger partial charge < -0.3 is 9.64 Å². The number of allylic oxidation sites excluding steroid dienone is 3. The van der Waals surface area contributed by atoms with Crippen LogP contribution in [0, 0.1) is 5.92 Å². The molecule has 3 nitrogen and oxygen atoms in total. The number of piperidine rings is 1. The smallest absolute Gasteiger partial charge is 0.410 e. The second-order valence-corrected chi connectivity index (χ2v) is 6.48. The lowest BCUT2D eigenvalue weighted by atomic mass is 9.89. The Bertz CT molecular complexity index is 369. The number of carbonyl (C=O) groups excluding carboxylic acids is 1. The molecule has 0 aromatic carbocycles. The first kappa shape index (κ1) is 15.8. The minimum atomic E-state index is -0.413. The van der Waals surface area contributed by atoms with Crippen LogP contribution in [0.15, 0.2) is 23.8 Å². The second kappa shape index (κ2) is 6.27. The summed E-state index contributed by atoms with van der Waals surface area (Å²) in [7, 11) is 0. The van der Waals surface area contributed by atoms with Crippen LogP contribution in [0.2, 0.25) is 0 Å². The van der Waals surface area contributed by atoms with Gasteiger partial charge in [-0.15, -0.1) is 0 Å². The summed E-state index contributed by atoms with van der Waals surface area (Å²) in [6.07, 6.45) is 3.98. The van der Waals surface area contributed by atoms with Crippen LogP contribution in [0.1, 0.15) is 47.5 Å².